The second-order valence-electron chi connectivity index (χ2n) is 5.41. The number of β-amino-alcohol motifs (C(OH)–C–C–N with tert-alkyl or cyclic N) is 1. The number of aliphatic hydroxyl groups excluding tert-OH is 5. The Morgan fingerprint density at radius 2 is 2.00 bits per heavy atom. The van der Waals surface area contributed by atoms with E-state index in [1.165, 1.54) is 7.11 Å². The van der Waals surface area contributed by atoms with Crippen molar-refractivity contribution in [1.82, 2.24) is 5.32 Å². The van der Waals surface area contributed by atoms with Gasteiger partial charge in [-0.3, -0.25) is 0 Å². The van der Waals surface area contributed by atoms with Gasteiger partial charge in [0, 0.05) is 25.6 Å². The van der Waals surface area contributed by atoms with Gasteiger partial charge in [-0.15, -0.1) is 0 Å². The highest BCUT2D eigenvalue weighted by molar-refractivity contribution is 4.98. The van der Waals surface area contributed by atoms with E-state index >= 15 is 0 Å². The molecule has 0 amide bonds. The molecule has 2 heterocycles. The Kier molecular flexibility index (Phi) is 5.32. The molecule has 6 N–H and O–H groups in total. The Balaban J connectivity index is 2.12. The zero-order valence-corrected chi connectivity index (χ0v) is 11.3. The van der Waals surface area contributed by atoms with Crippen molar-refractivity contribution in [2.75, 3.05) is 20.3 Å². The van der Waals surface area contributed by atoms with Gasteiger partial charge in [0.25, 0.3) is 0 Å². The summed E-state index contributed by atoms with van der Waals surface area (Å²) < 4.78 is 10.2. The van der Waals surface area contributed by atoms with Crippen molar-refractivity contribution in [3.63, 3.8) is 0 Å². The van der Waals surface area contributed by atoms with E-state index in [1.54, 1.807) is 0 Å². The van der Waals surface area contributed by atoms with Crippen molar-refractivity contribution in [3.05, 3.63) is 0 Å². The van der Waals surface area contributed by atoms with Gasteiger partial charge >= 0.3 is 0 Å². The fourth-order valence-electron chi connectivity index (χ4n) is 2.99. The second-order valence-corrected chi connectivity index (χ2v) is 5.41. The number of methoxy groups -OCH3 is 1. The van der Waals surface area contributed by atoms with Crippen molar-refractivity contribution in [2.45, 2.75) is 49.3 Å². The first-order valence-corrected chi connectivity index (χ1v) is 6.74. The normalized spacial score (nSPS) is 47.4. The third-order valence-corrected chi connectivity index (χ3v) is 4.12. The molecule has 0 aromatic rings. The van der Waals surface area contributed by atoms with Gasteiger partial charge < -0.3 is 40.3 Å². The molecule has 118 valence electrons. The maximum absolute atomic E-state index is 10.4. The number of hydrogen-bond donors (Lipinski definition) is 6. The Morgan fingerprint density at radius 3 is 2.50 bits per heavy atom. The third kappa shape index (κ3) is 2.97. The summed E-state index contributed by atoms with van der Waals surface area (Å²) in [5.74, 6) is -0.936. The molecule has 0 saturated carbocycles. The molecule has 0 radical (unpaired) electrons. The highest BCUT2D eigenvalue weighted by atomic mass is 16.7. The van der Waals surface area contributed by atoms with E-state index in [0.29, 0.717) is 13.0 Å². The van der Waals surface area contributed by atoms with Gasteiger partial charge in [0.05, 0.1) is 24.9 Å². The first-order valence-electron chi connectivity index (χ1n) is 6.74. The fourth-order valence-corrected chi connectivity index (χ4v) is 2.99. The summed E-state index contributed by atoms with van der Waals surface area (Å²) in [5.41, 5.74) is 0. The number of ether oxygens (including phenoxy) is 2. The van der Waals surface area contributed by atoms with Crippen LogP contribution in [-0.2, 0) is 9.47 Å². The maximum Gasteiger partial charge on any atom is 0.184 e. The summed E-state index contributed by atoms with van der Waals surface area (Å²) in [6, 6.07) is -0.436. The molecule has 2 aliphatic rings. The molecule has 0 bridgehead atoms. The van der Waals surface area contributed by atoms with Crippen LogP contribution in [0.5, 0.6) is 0 Å². The molecule has 8 heteroatoms. The molecule has 8 nitrogen and oxygen atoms in total. The molecule has 2 aliphatic heterocycles. The second kappa shape index (κ2) is 6.63. The van der Waals surface area contributed by atoms with Crippen LogP contribution in [0.15, 0.2) is 0 Å². The van der Waals surface area contributed by atoms with Gasteiger partial charge in [-0.25, -0.2) is 0 Å². The molecular formula is C12H23NO7. The van der Waals surface area contributed by atoms with Crippen molar-refractivity contribution < 1.29 is 35.0 Å². The van der Waals surface area contributed by atoms with Crippen LogP contribution in [0.25, 0.3) is 0 Å². The van der Waals surface area contributed by atoms with E-state index in [9.17, 15) is 25.5 Å². The lowest BCUT2D eigenvalue weighted by Crippen LogP contribution is -2.61. The molecule has 20 heavy (non-hydrogen) atoms. The molecule has 0 aromatic heterocycles. The smallest absolute Gasteiger partial charge is 0.184 e. The maximum atomic E-state index is 10.4. The van der Waals surface area contributed by atoms with Crippen molar-refractivity contribution in [2.24, 2.45) is 5.92 Å². The quantitative estimate of drug-likeness (QED) is 0.319. The van der Waals surface area contributed by atoms with Gasteiger partial charge in [-0.05, 0) is 6.42 Å². The zero-order chi connectivity index (χ0) is 14.9. The van der Waals surface area contributed by atoms with Crippen LogP contribution in [0, 0.1) is 5.92 Å². The van der Waals surface area contributed by atoms with Crippen LogP contribution < -0.4 is 5.32 Å². The molecule has 2 saturated heterocycles. The molecule has 8 atom stereocenters. The third-order valence-electron chi connectivity index (χ3n) is 4.12. The van der Waals surface area contributed by atoms with Crippen LogP contribution >= 0.6 is 0 Å². The van der Waals surface area contributed by atoms with Gasteiger partial charge in [-0.2, -0.15) is 0 Å². The Bertz CT molecular complexity index is 302. The lowest BCUT2D eigenvalue weighted by molar-refractivity contribution is -0.294. The van der Waals surface area contributed by atoms with E-state index < -0.39 is 55.4 Å². The summed E-state index contributed by atoms with van der Waals surface area (Å²) in [6.45, 7) is -0.0913. The average Bonchev–Trinajstić information content (AvgIpc) is 2.86. The minimum atomic E-state index is -1.23. The highest BCUT2D eigenvalue weighted by Crippen LogP contribution is 2.31. The molecule has 0 aromatic carbocycles. The number of nitrogens with one attached hydrogen (secondary N) is 1. The predicted octanol–water partition coefficient (Wildman–Crippen LogP) is -3.23. The fraction of sp³-hybridized carbons (Fsp3) is 1.00. The van der Waals surface area contributed by atoms with E-state index in [4.69, 9.17) is 9.47 Å². The van der Waals surface area contributed by atoms with E-state index in [-0.39, 0.29) is 0 Å². The Morgan fingerprint density at radius 1 is 1.30 bits per heavy atom. The van der Waals surface area contributed by atoms with Crippen LogP contribution in [0.1, 0.15) is 6.42 Å². The van der Waals surface area contributed by atoms with Gasteiger partial charge in [0.15, 0.2) is 6.29 Å². The minimum absolute atomic E-state index is 0.333. The van der Waals surface area contributed by atoms with Crippen LogP contribution in [-0.4, -0.2) is 88.6 Å². The van der Waals surface area contributed by atoms with Crippen molar-refractivity contribution in [3.8, 4) is 0 Å². The van der Waals surface area contributed by atoms with Crippen LogP contribution in [0.2, 0.25) is 0 Å². The first-order chi connectivity index (χ1) is 9.49. The van der Waals surface area contributed by atoms with Crippen LogP contribution in [0.4, 0.5) is 0 Å². The highest BCUT2D eigenvalue weighted by Gasteiger charge is 2.50. The largest absolute Gasteiger partial charge is 0.394 e. The van der Waals surface area contributed by atoms with Crippen molar-refractivity contribution >= 4 is 0 Å². The van der Waals surface area contributed by atoms with Crippen molar-refractivity contribution in [1.29, 1.82) is 0 Å². The molecule has 2 fully saturated rings. The number of aliphatic hydroxyl groups is 5. The van der Waals surface area contributed by atoms with Crippen LogP contribution in [0.3, 0.4) is 0 Å². The SMILES string of the molecule is CO[C@@H]1O[C@H](CO)[C@H](O)[C@H]([C@@H](O)[C@@H]2C[C@@H](O)CN2)[C@H]1O. The number of rotatable bonds is 4. The minimum Gasteiger partial charge on any atom is -0.394 e. The standard InChI is InChI=1S/C12H23NO7/c1-19-12-11(18)8(10(17)7(4-14)20-12)9(16)6-2-5(15)3-13-6/h5-18H,2-4H2,1H3/t5-,6+,7-,8+,9+,10+,11-,12-/m1/s1. The van der Waals surface area contributed by atoms with E-state index in [1.807, 2.05) is 0 Å². The summed E-state index contributed by atoms with van der Waals surface area (Å²) >= 11 is 0. The zero-order valence-electron chi connectivity index (χ0n) is 11.3. The summed E-state index contributed by atoms with van der Waals surface area (Å²) in [6.07, 6.45) is -5.73. The van der Waals surface area contributed by atoms with Gasteiger partial charge in [0.2, 0.25) is 0 Å². The summed E-state index contributed by atoms with van der Waals surface area (Å²) in [4.78, 5) is 0. The molecular weight excluding hydrogens is 270 g/mol. The molecule has 2 rings (SSSR count). The molecule has 0 aliphatic carbocycles. The molecule has 0 unspecified atom stereocenters. The molecule has 0 spiro atoms. The number of hydrogen-bond acceptors (Lipinski definition) is 8. The Hall–Kier alpha value is -0.320. The summed E-state index contributed by atoms with van der Waals surface area (Å²) in [7, 11) is 1.33. The lowest BCUT2D eigenvalue weighted by atomic mass is 9.81. The topological polar surface area (TPSA) is 132 Å². The van der Waals surface area contributed by atoms with E-state index in [2.05, 4.69) is 5.32 Å². The van der Waals surface area contributed by atoms with Gasteiger partial charge in [0.1, 0.15) is 12.2 Å². The van der Waals surface area contributed by atoms with Gasteiger partial charge in [-0.1, -0.05) is 0 Å². The predicted molar refractivity (Wildman–Crippen MR) is 66.7 cm³/mol. The summed E-state index contributed by atoms with van der Waals surface area (Å²) in [5, 5.41) is 52.3. The first kappa shape index (κ1) is 16.1. The Labute approximate surface area is 116 Å². The monoisotopic (exact) mass is 293 g/mol. The lowest BCUT2D eigenvalue weighted by Gasteiger charge is -2.44. The van der Waals surface area contributed by atoms with E-state index in [0.717, 1.165) is 0 Å². The average molecular weight is 293 g/mol.